The van der Waals surface area contributed by atoms with Gasteiger partial charge in [-0.2, -0.15) is 0 Å². The number of hydrogen-bond donors (Lipinski definition) is 1. The van der Waals surface area contributed by atoms with Gasteiger partial charge < -0.3 is 20.1 Å². The van der Waals surface area contributed by atoms with E-state index in [1.165, 1.54) is 0 Å². The van der Waals surface area contributed by atoms with Crippen LogP contribution in [-0.4, -0.2) is 50.3 Å². The molecule has 0 aromatic heterocycles. The largest absolute Gasteiger partial charge is 0.399 e. The smallest absolute Gasteiger partial charge is 0.226 e. The van der Waals surface area contributed by atoms with Gasteiger partial charge in [0.15, 0.2) is 0 Å². The predicted octanol–water partition coefficient (Wildman–Crippen LogP) is 2.28. The summed E-state index contributed by atoms with van der Waals surface area (Å²) < 4.78 is 10.8. The molecule has 0 radical (unpaired) electrons. The topological polar surface area (TPSA) is 64.8 Å². The second-order valence-electron chi connectivity index (χ2n) is 5.72. The van der Waals surface area contributed by atoms with E-state index in [4.69, 9.17) is 15.2 Å². The number of nitrogens with zero attached hydrogens (tertiary/aromatic N) is 1. The molecule has 0 aliphatic carbocycles. The van der Waals surface area contributed by atoms with Crippen LogP contribution in [0.3, 0.4) is 0 Å². The quantitative estimate of drug-likeness (QED) is 0.610. The number of piperidine rings is 1. The lowest BCUT2D eigenvalue weighted by molar-refractivity contribution is -0.133. The average Bonchev–Trinajstić information content (AvgIpc) is 2.54. The van der Waals surface area contributed by atoms with Crippen molar-refractivity contribution >= 4 is 24.0 Å². The van der Waals surface area contributed by atoms with Crippen LogP contribution in [-0.2, 0) is 20.7 Å². The molecule has 2 rings (SSSR count). The summed E-state index contributed by atoms with van der Waals surface area (Å²) in [7, 11) is 1.70. The van der Waals surface area contributed by atoms with Crippen molar-refractivity contribution in [1.29, 1.82) is 0 Å². The molecular formula is C17H27ClN2O3. The summed E-state index contributed by atoms with van der Waals surface area (Å²) in [5.41, 5.74) is 7.39. The van der Waals surface area contributed by atoms with Crippen molar-refractivity contribution in [2.24, 2.45) is 0 Å². The van der Waals surface area contributed by atoms with Gasteiger partial charge in [0.2, 0.25) is 5.91 Å². The van der Waals surface area contributed by atoms with Gasteiger partial charge >= 0.3 is 0 Å². The number of carbonyl (C=O) groups is 1. The average molecular weight is 343 g/mol. The Morgan fingerprint density at radius 3 is 2.48 bits per heavy atom. The highest BCUT2D eigenvalue weighted by atomic mass is 35.5. The van der Waals surface area contributed by atoms with E-state index in [0.717, 1.165) is 56.8 Å². The Labute approximate surface area is 144 Å². The lowest BCUT2D eigenvalue weighted by Crippen LogP contribution is -2.41. The van der Waals surface area contributed by atoms with Crippen molar-refractivity contribution in [3.8, 4) is 0 Å². The number of rotatable bonds is 7. The number of nitrogen functional groups attached to an aromatic ring is 1. The maximum atomic E-state index is 12.3. The molecule has 0 atom stereocenters. The van der Waals surface area contributed by atoms with Gasteiger partial charge in [-0.15, -0.1) is 12.4 Å². The van der Waals surface area contributed by atoms with Crippen molar-refractivity contribution in [2.75, 3.05) is 39.1 Å². The number of amides is 1. The Morgan fingerprint density at radius 1 is 1.22 bits per heavy atom. The molecule has 1 aromatic rings. The SMILES string of the molecule is COCCCOC1CCN(C(=O)Cc2ccc(N)cc2)CC1.Cl. The van der Waals surface area contributed by atoms with Gasteiger partial charge in [-0.05, 0) is 37.0 Å². The molecule has 1 aliphatic rings. The van der Waals surface area contributed by atoms with Crippen molar-refractivity contribution in [2.45, 2.75) is 31.8 Å². The molecule has 1 amide bonds. The molecule has 1 aliphatic heterocycles. The Morgan fingerprint density at radius 2 is 1.87 bits per heavy atom. The molecule has 1 aromatic carbocycles. The number of nitrogens with two attached hydrogens (primary N) is 1. The monoisotopic (exact) mass is 342 g/mol. The zero-order chi connectivity index (χ0) is 15.8. The minimum atomic E-state index is 0. The maximum Gasteiger partial charge on any atom is 0.226 e. The van der Waals surface area contributed by atoms with E-state index in [-0.39, 0.29) is 24.4 Å². The summed E-state index contributed by atoms with van der Waals surface area (Å²) >= 11 is 0. The summed E-state index contributed by atoms with van der Waals surface area (Å²) in [4.78, 5) is 14.2. The predicted molar refractivity (Wildman–Crippen MR) is 93.9 cm³/mol. The minimum Gasteiger partial charge on any atom is -0.399 e. The van der Waals surface area contributed by atoms with E-state index in [9.17, 15) is 4.79 Å². The lowest BCUT2D eigenvalue weighted by Gasteiger charge is -2.32. The van der Waals surface area contributed by atoms with Crippen LogP contribution in [0.1, 0.15) is 24.8 Å². The zero-order valence-corrected chi connectivity index (χ0v) is 14.5. The van der Waals surface area contributed by atoms with Gasteiger partial charge in [0.05, 0.1) is 12.5 Å². The van der Waals surface area contributed by atoms with E-state index in [2.05, 4.69) is 0 Å². The molecule has 23 heavy (non-hydrogen) atoms. The molecule has 1 saturated heterocycles. The summed E-state index contributed by atoms with van der Waals surface area (Å²) in [5.74, 6) is 0.183. The summed E-state index contributed by atoms with van der Waals surface area (Å²) in [6.07, 6.45) is 3.48. The first-order valence-corrected chi connectivity index (χ1v) is 7.92. The second-order valence-corrected chi connectivity index (χ2v) is 5.72. The number of hydrogen-bond acceptors (Lipinski definition) is 4. The fourth-order valence-electron chi connectivity index (χ4n) is 2.65. The molecule has 1 fully saturated rings. The van der Waals surface area contributed by atoms with Gasteiger partial charge in [0.1, 0.15) is 0 Å². The van der Waals surface area contributed by atoms with Crippen LogP contribution in [0.15, 0.2) is 24.3 Å². The van der Waals surface area contributed by atoms with Crippen LogP contribution in [0, 0.1) is 0 Å². The van der Waals surface area contributed by atoms with E-state index in [0.29, 0.717) is 6.42 Å². The molecule has 0 saturated carbocycles. The number of likely N-dealkylation sites (tertiary alicyclic amines) is 1. The standard InChI is InChI=1S/C17H26N2O3.ClH/c1-21-11-2-12-22-16-7-9-19(10-8-16)17(20)13-14-3-5-15(18)6-4-14;/h3-6,16H,2,7-13,18H2,1H3;1H. The zero-order valence-electron chi connectivity index (χ0n) is 13.7. The van der Waals surface area contributed by atoms with E-state index in [1.54, 1.807) is 7.11 Å². The molecule has 1 heterocycles. The third kappa shape index (κ3) is 6.77. The third-order valence-corrected chi connectivity index (χ3v) is 3.98. The molecule has 0 spiro atoms. The van der Waals surface area contributed by atoms with E-state index >= 15 is 0 Å². The number of carbonyl (C=O) groups excluding carboxylic acids is 1. The van der Waals surface area contributed by atoms with Gasteiger partial charge in [0, 0.05) is 39.1 Å². The van der Waals surface area contributed by atoms with E-state index in [1.807, 2.05) is 29.2 Å². The molecule has 0 bridgehead atoms. The lowest BCUT2D eigenvalue weighted by atomic mass is 10.1. The van der Waals surface area contributed by atoms with Crippen LogP contribution in [0.4, 0.5) is 5.69 Å². The summed E-state index contributed by atoms with van der Waals surface area (Å²) in [6, 6.07) is 7.50. The molecular weight excluding hydrogens is 316 g/mol. The highest BCUT2D eigenvalue weighted by Crippen LogP contribution is 2.16. The van der Waals surface area contributed by atoms with Gasteiger partial charge in [-0.25, -0.2) is 0 Å². The molecule has 0 unspecified atom stereocenters. The number of ether oxygens (including phenoxy) is 2. The first-order valence-electron chi connectivity index (χ1n) is 7.92. The van der Waals surface area contributed by atoms with Crippen molar-refractivity contribution in [3.05, 3.63) is 29.8 Å². The van der Waals surface area contributed by atoms with Crippen molar-refractivity contribution in [3.63, 3.8) is 0 Å². The van der Waals surface area contributed by atoms with Crippen LogP contribution in [0.25, 0.3) is 0 Å². The van der Waals surface area contributed by atoms with Crippen LogP contribution < -0.4 is 5.73 Å². The Bertz CT molecular complexity index is 459. The normalized spacial score (nSPS) is 15.3. The Hall–Kier alpha value is -1.30. The first-order chi connectivity index (χ1) is 10.7. The first kappa shape index (κ1) is 19.7. The number of methoxy groups -OCH3 is 1. The highest BCUT2D eigenvalue weighted by molar-refractivity contribution is 5.85. The summed E-state index contributed by atoms with van der Waals surface area (Å²) in [6.45, 7) is 3.03. The second kappa shape index (κ2) is 10.5. The van der Waals surface area contributed by atoms with Gasteiger partial charge in [-0.3, -0.25) is 4.79 Å². The molecule has 130 valence electrons. The molecule has 6 heteroatoms. The number of benzene rings is 1. The maximum absolute atomic E-state index is 12.3. The highest BCUT2D eigenvalue weighted by Gasteiger charge is 2.23. The fourth-order valence-corrected chi connectivity index (χ4v) is 2.65. The van der Waals surface area contributed by atoms with Gasteiger partial charge in [-0.1, -0.05) is 12.1 Å². The van der Waals surface area contributed by atoms with Crippen molar-refractivity contribution < 1.29 is 14.3 Å². The van der Waals surface area contributed by atoms with E-state index < -0.39 is 0 Å². The number of anilines is 1. The summed E-state index contributed by atoms with van der Waals surface area (Å²) in [5, 5.41) is 0. The molecule has 5 nitrogen and oxygen atoms in total. The fraction of sp³-hybridized carbons (Fsp3) is 0.588. The van der Waals surface area contributed by atoms with Crippen LogP contribution in [0.5, 0.6) is 0 Å². The Kier molecular flexibility index (Phi) is 8.99. The number of halogens is 1. The van der Waals surface area contributed by atoms with Gasteiger partial charge in [0.25, 0.3) is 0 Å². The minimum absolute atomic E-state index is 0. The third-order valence-electron chi connectivity index (χ3n) is 3.98. The Balaban J connectivity index is 0.00000264. The van der Waals surface area contributed by atoms with Crippen LogP contribution >= 0.6 is 12.4 Å². The molecule has 2 N–H and O–H groups in total. The van der Waals surface area contributed by atoms with Crippen LogP contribution in [0.2, 0.25) is 0 Å². The van der Waals surface area contributed by atoms with Crippen molar-refractivity contribution in [1.82, 2.24) is 4.90 Å².